The van der Waals surface area contributed by atoms with Crippen molar-refractivity contribution < 1.29 is 14.7 Å². The number of nitrogens with one attached hydrogen (secondary N) is 1. The first-order chi connectivity index (χ1) is 8.18. The van der Waals surface area contributed by atoms with E-state index in [0.29, 0.717) is 13.0 Å². The van der Waals surface area contributed by atoms with Gasteiger partial charge in [0.1, 0.15) is 0 Å². The van der Waals surface area contributed by atoms with Gasteiger partial charge in [-0.1, -0.05) is 0 Å². The third-order valence-corrected chi connectivity index (χ3v) is 3.73. The Kier molecular flexibility index (Phi) is 8.38. The monoisotopic (exact) mass is 312 g/mol. The molecule has 2 heterocycles. The fourth-order valence-electron chi connectivity index (χ4n) is 2.70. The number of nitrogens with zero attached hydrogens (tertiary/aromatic N) is 1. The van der Waals surface area contributed by atoms with Gasteiger partial charge in [0.15, 0.2) is 0 Å². The van der Waals surface area contributed by atoms with E-state index in [9.17, 15) is 9.59 Å². The van der Waals surface area contributed by atoms with Crippen molar-refractivity contribution in [3.63, 3.8) is 0 Å². The second-order valence-electron chi connectivity index (χ2n) is 5.00. The van der Waals surface area contributed by atoms with Crippen LogP contribution in [0.1, 0.15) is 25.7 Å². The zero-order chi connectivity index (χ0) is 12.3. The van der Waals surface area contributed by atoms with Gasteiger partial charge >= 0.3 is 5.97 Å². The molecule has 112 valence electrons. The molecule has 0 aromatic rings. The van der Waals surface area contributed by atoms with E-state index in [1.54, 1.807) is 4.90 Å². The molecule has 2 N–H and O–H groups in total. The summed E-state index contributed by atoms with van der Waals surface area (Å²) in [5.41, 5.74) is 0. The minimum atomic E-state index is -0.774. The summed E-state index contributed by atoms with van der Waals surface area (Å²) >= 11 is 0. The Morgan fingerprint density at radius 1 is 1.11 bits per heavy atom. The van der Waals surface area contributed by atoms with E-state index in [1.165, 1.54) is 0 Å². The van der Waals surface area contributed by atoms with Gasteiger partial charge in [0.25, 0.3) is 0 Å². The van der Waals surface area contributed by atoms with Crippen molar-refractivity contribution in [2.24, 2.45) is 11.8 Å². The molecule has 2 saturated heterocycles. The van der Waals surface area contributed by atoms with Crippen molar-refractivity contribution in [3.05, 3.63) is 0 Å². The fourth-order valence-corrected chi connectivity index (χ4v) is 2.70. The molecule has 0 bridgehead atoms. The molecule has 2 aliphatic heterocycles. The number of rotatable bonds is 2. The Morgan fingerprint density at radius 2 is 1.79 bits per heavy atom. The number of carboxylic acid groups (broad SMARTS) is 1. The molecule has 5 nitrogen and oxygen atoms in total. The van der Waals surface area contributed by atoms with Crippen LogP contribution in [0.3, 0.4) is 0 Å². The SMILES string of the molecule is Cl.Cl.O=C(O)C1CCCN(C(=O)C2CCCNC2)C1. The number of piperidine rings is 2. The Labute approximate surface area is 125 Å². The first-order valence-electron chi connectivity index (χ1n) is 6.41. The van der Waals surface area contributed by atoms with Crippen LogP contribution in [0, 0.1) is 11.8 Å². The van der Waals surface area contributed by atoms with Gasteiger partial charge in [0, 0.05) is 19.6 Å². The van der Waals surface area contributed by atoms with Crippen LogP contribution in [0.5, 0.6) is 0 Å². The number of carbonyl (C=O) groups excluding carboxylic acids is 1. The normalized spacial score (nSPS) is 26.8. The van der Waals surface area contributed by atoms with Gasteiger partial charge in [0.05, 0.1) is 11.8 Å². The zero-order valence-corrected chi connectivity index (χ0v) is 12.5. The van der Waals surface area contributed by atoms with E-state index in [-0.39, 0.29) is 42.6 Å². The molecule has 7 heteroatoms. The minimum absolute atomic E-state index is 0. The molecule has 0 spiro atoms. The topological polar surface area (TPSA) is 69.6 Å². The molecule has 0 saturated carbocycles. The number of halogens is 2. The Balaban J connectivity index is 0.00000162. The Hall–Kier alpha value is -0.520. The van der Waals surface area contributed by atoms with E-state index < -0.39 is 5.97 Å². The average Bonchev–Trinajstić information content (AvgIpc) is 2.39. The van der Waals surface area contributed by atoms with Crippen LogP contribution in [0.25, 0.3) is 0 Å². The van der Waals surface area contributed by atoms with Gasteiger partial charge in [-0.2, -0.15) is 0 Å². The molecule has 2 atom stereocenters. The molecule has 0 aromatic carbocycles. The molecule has 2 aliphatic rings. The van der Waals surface area contributed by atoms with Crippen molar-refractivity contribution in [1.29, 1.82) is 0 Å². The number of carbonyl (C=O) groups is 2. The number of hydrogen-bond acceptors (Lipinski definition) is 3. The van der Waals surface area contributed by atoms with Crippen molar-refractivity contribution in [1.82, 2.24) is 10.2 Å². The Bertz CT molecular complexity index is 309. The predicted molar refractivity (Wildman–Crippen MR) is 77.0 cm³/mol. The lowest BCUT2D eigenvalue weighted by Crippen LogP contribution is -2.48. The third-order valence-electron chi connectivity index (χ3n) is 3.73. The molecular weight excluding hydrogens is 291 g/mol. The summed E-state index contributed by atoms with van der Waals surface area (Å²) in [6.45, 7) is 2.85. The van der Waals surface area contributed by atoms with E-state index in [0.717, 1.165) is 38.9 Å². The predicted octanol–water partition coefficient (Wildman–Crippen LogP) is 1.15. The number of likely N-dealkylation sites (tertiary alicyclic amines) is 1. The maximum Gasteiger partial charge on any atom is 0.308 e. The maximum atomic E-state index is 12.2. The summed E-state index contributed by atoms with van der Waals surface area (Å²) in [6.07, 6.45) is 3.47. The lowest BCUT2D eigenvalue weighted by atomic mass is 9.94. The maximum absolute atomic E-state index is 12.2. The third kappa shape index (κ3) is 4.82. The quantitative estimate of drug-likeness (QED) is 0.802. The summed E-state index contributed by atoms with van der Waals surface area (Å²) in [4.78, 5) is 24.9. The lowest BCUT2D eigenvalue weighted by molar-refractivity contribution is -0.147. The highest BCUT2D eigenvalue weighted by atomic mass is 35.5. The molecule has 2 unspecified atom stereocenters. The number of hydrogen-bond donors (Lipinski definition) is 2. The molecule has 1 amide bonds. The average molecular weight is 313 g/mol. The summed E-state index contributed by atoms with van der Waals surface area (Å²) in [5, 5.41) is 12.2. The lowest BCUT2D eigenvalue weighted by Gasteiger charge is -2.34. The second kappa shape index (κ2) is 8.61. The summed E-state index contributed by atoms with van der Waals surface area (Å²) < 4.78 is 0. The van der Waals surface area contributed by atoms with E-state index in [2.05, 4.69) is 5.32 Å². The van der Waals surface area contributed by atoms with Crippen molar-refractivity contribution in [3.8, 4) is 0 Å². The summed E-state index contributed by atoms with van der Waals surface area (Å²) in [6, 6.07) is 0. The molecule has 0 radical (unpaired) electrons. The number of carboxylic acids is 1. The van der Waals surface area contributed by atoms with Gasteiger partial charge in [-0.25, -0.2) is 0 Å². The smallest absolute Gasteiger partial charge is 0.308 e. The van der Waals surface area contributed by atoms with Crippen LogP contribution in [-0.4, -0.2) is 48.1 Å². The number of amides is 1. The van der Waals surface area contributed by atoms with Gasteiger partial charge in [0.2, 0.25) is 5.91 Å². The summed E-state index contributed by atoms with van der Waals surface area (Å²) in [7, 11) is 0. The number of aliphatic carboxylic acids is 1. The second-order valence-corrected chi connectivity index (χ2v) is 5.00. The largest absolute Gasteiger partial charge is 0.481 e. The first kappa shape index (κ1) is 18.5. The minimum Gasteiger partial charge on any atom is -0.481 e. The first-order valence-corrected chi connectivity index (χ1v) is 6.41. The molecular formula is C12H22Cl2N2O3. The van der Waals surface area contributed by atoms with Gasteiger partial charge < -0.3 is 15.3 Å². The van der Waals surface area contributed by atoms with Crippen molar-refractivity contribution in [2.75, 3.05) is 26.2 Å². The molecule has 0 aromatic heterocycles. The molecule has 19 heavy (non-hydrogen) atoms. The molecule has 0 aliphatic carbocycles. The molecule has 2 rings (SSSR count). The van der Waals surface area contributed by atoms with Gasteiger partial charge in [-0.15, -0.1) is 24.8 Å². The van der Waals surface area contributed by atoms with Gasteiger partial charge in [-0.3, -0.25) is 9.59 Å². The standard InChI is InChI=1S/C12H20N2O3.2ClH/c15-11(9-3-1-5-13-7-9)14-6-2-4-10(8-14)12(16)17;;/h9-10,13H,1-8H2,(H,16,17);2*1H. The zero-order valence-electron chi connectivity index (χ0n) is 10.8. The summed E-state index contributed by atoms with van der Waals surface area (Å²) in [5.74, 6) is -0.951. The Morgan fingerprint density at radius 3 is 2.37 bits per heavy atom. The van der Waals surface area contributed by atoms with E-state index in [1.807, 2.05) is 0 Å². The van der Waals surface area contributed by atoms with Crippen molar-refractivity contribution >= 4 is 36.7 Å². The van der Waals surface area contributed by atoms with Gasteiger partial charge in [-0.05, 0) is 32.2 Å². The van der Waals surface area contributed by atoms with Crippen LogP contribution >= 0.6 is 24.8 Å². The van der Waals surface area contributed by atoms with Crippen LogP contribution in [0.4, 0.5) is 0 Å². The van der Waals surface area contributed by atoms with Crippen LogP contribution < -0.4 is 5.32 Å². The molecule has 2 fully saturated rings. The fraction of sp³-hybridized carbons (Fsp3) is 0.833. The van der Waals surface area contributed by atoms with Crippen molar-refractivity contribution in [2.45, 2.75) is 25.7 Å². The van der Waals surface area contributed by atoms with E-state index in [4.69, 9.17) is 5.11 Å². The van der Waals surface area contributed by atoms with Crippen LogP contribution in [-0.2, 0) is 9.59 Å². The highest BCUT2D eigenvalue weighted by molar-refractivity contribution is 5.85. The van der Waals surface area contributed by atoms with Crippen LogP contribution in [0.2, 0.25) is 0 Å². The highest BCUT2D eigenvalue weighted by Crippen LogP contribution is 2.20. The van der Waals surface area contributed by atoms with E-state index >= 15 is 0 Å². The highest BCUT2D eigenvalue weighted by Gasteiger charge is 2.32. The van der Waals surface area contributed by atoms with Crippen LogP contribution in [0.15, 0.2) is 0 Å².